The summed E-state index contributed by atoms with van der Waals surface area (Å²) < 4.78 is 2.47. The largest absolute Gasteiger partial charge is 0.508 e. The van der Waals surface area contributed by atoms with Gasteiger partial charge in [-0.1, -0.05) is 11.6 Å². The Bertz CT molecular complexity index is 905. The molecular formula is C17H14BrClN4O2. The van der Waals surface area contributed by atoms with E-state index in [0.717, 1.165) is 10.2 Å². The van der Waals surface area contributed by atoms with Crippen molar-refractivity contribution in [1.82, 2.24) is 9.78 Å². The normalized spacial score (nSPS) is 10.5. The third kappa shape index (κ3) is 4.12. The average Bonchev–Trinajstić information content (AvgIpc) is 2.88. The number of aryl methyl sites for hydroxylation is 1. The molecule has 2 aromatic carbocycles. The third-order valence-corrected chi connectivity index (χ3v) is 4.28. The van der Waals surface area contributed by atoms with Gasteiger partial charge >= 0.3 is 6.03 Å². The topological polar surface area (TPSA) is 79.2 Å². The monoisotopic (exact) mass is 420 g/mol. The van der Waals surface area contributed by atoms with Crippen molar-refractivity contribution in [1.29, 1.82) is 0 Å². The number of aromatic nitrogens is 2. The molecule has 0 saturated carbocycles. The molecule has 1 heterocycles. The standard InChI is InChI=1S/C17H14BrClN4O2/c1-23-16(15(18)9-20-23)10-6-13(8-14(24)7-10)22-17(25)21-12-4-2-11(19)3-5-12/h2-9,24H,1H3,(H2,21,22,25). The highest BCUT2D eigenvalue weighted by molar-refractivity contribution is 9.10. The highest BCUT2D eigenvalue weighted by Gasteiger charge is 2.12. The lowest BCUT2D eigenvalue weighted by Gasteiger charge is -2.11. The molecular weight excluding hydrogens is 408 g/mol. The van der Waals surface area contributed by atoms with Crippen LogP contribution in [0.1, 0.15) is 0 Å². The molecule has 8 heteroatoms. The van der Waals surface area contributed by atoms with E-state index >= 15 is 0 Å². The van der Waals surface area contributed by atoms with Gasteiger partial charge < -0.3 is 15.7 Å². The molecule has 0 unspecified atom stereocenters. The SMILES string of the molecule is Cn1ncc(Br)c1-c1cc(O)cc(NC(=O)Nc2ccc(Cl)cc2)c1. The Morgan fingerprint density at radius 2 is 1.84 bits per heavy atom. The number of rotatable bonds is 3. The first-order valence-corrected chi connectivity index (χ1v) is 8.45. The lowest BCUT2D eigenvalue weighted by Crippen LogP contribution is -2.19. The van der Waals surface area contributed by atoms with Crippen molar-refractivity contribution < 1.29 is 9.90 Å². The second-order valence-corrected chi connectivity index (χ2v) is 6.61. The minimum Gasteiger partial charge on any atom is -0.508 e. The predicted molar refractivity (Wildman–Crippen MR) is 102 cm³/mol. The van der Waals surface area contributed by atoms with Crippen LogP contribution in [0.25, 0.3) is 11.3 Å². The quantitative estimate of drug-likeness (QED) is 0.565. The minimum atomic E-state index is -0.428. The molecule has 0 aliphatic rings. The Morgan fingerprint density at radius 3 is 2.48 bits per heavy atom. The van der Waals surface area contributed by atoms with Crippen LogP contribution in [0.2, 0.25) is 5.02 Å². The van der Waals surface area contributed by atoms with E-state index in [1.165, 1.54) is 6.07 Å². The zero-order chi connectivity index (χ0) is 18.0. The van der Waals surface area contributed by atoms with Crippen LogP contribution < -0.4 is 10.6 Å². The van der Waals surface area contributed by atoms with E-state index in [4.69, 9.17) is 11.6 Å². The molecule has 0 spiro atoms. The Kier molecular flexibility index (Phi) is 4.96. The van der Waals surface area contributed by atoms with Gasteiger partial charge in [0.05, 0.1) is 16.4 Å². The summed E-state index contributed by atoms with van der Waals surface area (Å²) in [4.78, 5) is 12.1. The first-order chi connectivity index (χ1) is 11.9. The van der Waals surface area contributed by atoms with E-state index in [0.29, 0.717) is 22.0 Å². The zero-order valence-electron chi connectivity index (χ0n) is 13.1. The maximum atomic E-state index is 12.1. The van der Waals surface area contributed by atoms with Gasteiger partial charge in [0.15, 0.2) is 0 Å². The molecule has 0 aliphatic carbocycles. The second kappa shape index (κ2) is 7.16. The van der Waals surface area contributed by atoms with Crippen LogP contribution >= 0.6 is 27.5 Å². The molecule has 0 aliphatic heterocycles. The Morgan fingerprint density at radius 1 is 1.16 bits per heavy atom. The molecule has 128 valence electrons. The second-order valence-electron chi connectivity index (χ2n) is 5.32. The van der Waals surface area contributed by atoms with Crippen LogP contribution in [0.3, 0.4) is 0 Å². The molecule has 3 N–H and O–H groups in total. The lowest BCUT2D eigenvalue weighted by atomic mass is 10.1. The lowest BCUT2D eigenvalue weighted by molar-refractivity contribution is 0.262. The van der Waals surface area contributed by atoms with Gasteiger partial charge in [0, 0.05) is 35.1 Å². The molecule has 0 saturated heterocycles. The van der Waals surface area contributed by atoms with Crippen molar-refractivity contribution in [3.05, 3.63) is 58.2 Å². The van der Waals surface area contributed by atoms with E-state index in [1.807, 2.05) is 0 Å². The van der Waals surface area contributed by atoms with Gasteiger partial charge in [-0.3, -0.25) is 4.68 Å². The van der Waals surface area contributed by atoms with Crippen LogP contribution in [0.4, 0.5) is 16.2 Å². The van der Waals surface area contributed by atoms with E-state index in [1.54, 1.807) is 54.3 Å². The maximum absolute atomic E-state index is 12.1. The molecule has 6 nitrogen and oxygen atoms in total. The van der Waals surface area contributed by atoms with E-state index < -0.39 is 6.03 Å². The van der Waals surface area contributed by atoms with Crippen molar-refractivity contribution in [3.8, 4) is 17.0 Å². The number of carbonyl (C=O) groups is 1. The molecule has 2 amide bonds. The van der Waals surface area contributed by atoms with Crippen LogP contribution in [-0.2, 0) is 7.05 Å². The fourth-order valence-electron chi connectivity index (χ4n) is 2.38. The molecule has 1 aromatic heterocycles. The number of nitrogens with one attached hydrogen (secondary N) is 2. The summed E-state index contributed by atoms with van der Waals surface area (Å²) in [5, 5.41) is 20.1. The van der Waals surface area contributed by atoms with Crippen molar-refractivity contribution in [2.75, 3.05) is 10.6 Å². The highest BCUT2D eigenvalue weighted by atomic mass is 79.9. The molecule has 0 bridgehead atoms. The summed E-state index contributed by atoms with van der Waals surface area (Å²) in [6, 6.07) is 11.2. The van der Waals surface area contributed by atoms with Crippen molar-refractivity contribution in [3.63, 3.8) is 0 Å². The number of phenols is 1. The number of carbonyl (C=O) groups excluding carboxylic acids is 1. The van der Waals surface area contributed by atoms with Crippen LogP contribution in [-0.4, -0.2) is 20.9 Å². The smallest absolute Gasteiger partial charge is 0.323 e. The Labute approximate surface area is 157 Å². The van der Waals surface area contributed by atoms with E-state index in [2.05, 4.69) is 31.7 Å². The Hall–Kier alpha value is -2.51. The number of benzene rings is 2. The summed E-state index contributed by atoms with van der Waals surface area (Å²) in [6.07, 6.45) is 1.67. The number of hydrogen-bond donors (Lipinski definition) is 3. The fourth-order valence-corrected chi connectivity index (χ4v) is 3.09. The van der Waals surface area contributed by atoms with Crippen LogP contribution in [0.5, 0.6) is 5.75 Å². The summed E-state index contributed by atoms with van der Waals surface area (Å²) in [5.74, 6) is 0.0346. The fraction of sp³-hybridized carbons (Fsp3) is 0.0588. The van der Waals surface area contributed by atoms with Crippen LogP contribution in [0, 0.1) is 0 Å². The van der Waals surface area contributed by atoms with Crippen molar-refractivity contribution in [2.45, 2.75) is 0 Å². The zero-order valence-corrected chi connectivity index (χ0v) is 15.5. The van der Waals surface area contributed by atoms with Gasteiger partial charge in [-0.15, -0.1) is 0 Å². The van der Waals surface area contributed by atoms with Gasteiger partial charge in [0.2, 0.25) is 0 Å². The van der Waals surface area contributed by atoms with E-state index in [-0.39, 0.29) is 5.75 Å². The number of phenolic OH excluding ortho intramolecular Hbond substituents is 1. The first kappa shape index (κ1) is 17.3. The van der Waals surface area contributed by atoms with Crippen LogP contribution in [0.15, 0.2) is 53.1 Å². The number of urea groups is 1. The minimum absolute atomic E-state index is 0.0346. The first-order valence-electron chi connectivity index (χ1n) is 7.28. The van der Waals surface area contributed by atoms with Gasteiger partial charge in [0.1, 0.15) is 5.75 Å². The molecule has 25 heavy (non-hydrogen) atoms. The number of anilines is 2. The number of halogens is 2. The summed E-state index contributed by atoms with van der Waals surface area (Å²) in [7, 11) is 1.80. The molecule has 3 rings (SSSR count). The third-order valence-electron chi connectivity index (χ3n) is 3.45. The van der Waals surface area contributed by atoms with Gasteiger partial charge in [0.25, 0.3) is 0 Å². The van der Waals surface area contributed by atoms with Crippen molar-refractivity contribution in [2.24, 2.45) is 7.05 Å². The highest BCUT2D eigenvalue weighted by Crippen LogP contribution is 2.32. The number of nitrogens with zero attached hydrogens (tertiary/aromatic N) is 2. The molecule has 3 aromatic rings. The van der Waals surface area contributed by atoms with Crippen molar-refractivity contribution >= 4 is 44.9 Å². The molecule has 0 radical (unpaired) electrons. The van der Waals surface area contributed by atoms with Gasteiger partial charge in [-0.2, -0.15) is 5.10 Å². The van der Waals surface area contributed by atoms with Gasteiger partial charge in [-0.05, 0) is 52.3 Å². The number of hydrogen-bond acceptors (Lipinski definition) is 3. The predicted octanol–water partition coefficient (Wildman–Crippen LogP) is 4.85. The number of aromatic hydroxyl groups is 1. The Balaban J connectivity index is 1.81. The summed E-state index contributed by atoms with van der Waals surface area (Å²) in [5.41, 5.74) is 2.57. The molecule has 0 atom stereocenters. The van der Waals surface area contributed by atoms with E-state index in [9.17, 15) is 9.90 Å². The van der Waals surface area contributed by atoms with Gasteiger partial charge in [-0.25, -0.2) is 4.79 Å². The average molecular weight is 422 g/mol. The number of amides is 2. The summed E-state index contributed by atoms with van der Waals surface area (Å²) in [6.45, 7) is 0. The molecule has 0 fully saturated rings. The summed E-state index contributed by atoms with van der Waals surface area (Å²) >= 11 is 9.25. The maximum Gasteiger partial charge on any atom is 0.323 e.